The summed E-state index contributed by atoms with van der Waals surface area (Å²) in [5, 5.41) is 3.49. The number of hydrogen-bond acceptors (Lipinski definition) is 2. The summed E-state index contributed by atoms with van der Waals surface area (Å²) >= 11 is 0. The van der Waals surface area contributed by atoms with E-state index >= 15 is 0 Å². The highest BCUT2D eigenvalue weighted by Gasteiger charge is 2.19. The molecule has 1 unspecified atom stereocenters. The van der Waals surface area contributed by atoms with Crippen LogP contribution in [0.1, 0.15) is 42.5 Å². The number of aryl methyl sites for hydroxylation is 2. The molecule has 2 heterocycles. The molecule has 1 aromatic carbocycles. The quantitative estimate of drug-likeness (QED) is 0.898. The van der Waals surface area contributed by atoms with Gasteiger partial charge in [0.15, 0.2) is 0 Å². The zero-order chi connectivity index (χ0) is 13.8. The van der Waals surface area contributed by atoms with Crippen molar-refractivity contribution in [3.05, 3.63) is 59.4 Å². The maximum absolute atomic E-state index is 4.57. The number of nitrogens with one attached hydrogen (secondary N) is 1. The lowest BCUT2D eigenvalue weighted by Crippen LogP contribution is -2.17. The number of anilines is 1. The number of benzene rings is 1. The first kappa shape index (κ1) is 13.2. The van der Waals surface area contributed by atoms with Gasteiger partial charge in [0.1, 0.15) is 0 Å². The van der Waals surface area contributed by atoms with Gasteiger partial charge in [-0.2, -0.15) is 0 Å². The molecule has 0 radical (unpaired) electrons. The second-order valence-corrected chi connectivity index (χ2v) is 5.55. The van der Waals surface area contributed by atoms with E-state index in [0.717, 1.165) is 19.4 Å². The number of nitrogens with zero attached hydrogens (tertiary/aromatic N) is 1. The second kappa shape index (κ2) is 6.08. The zero-order valence-corrected chi connectivity index (χ0v) is 12.1. The van der Waals surface area contributed by atoms with Crippen LogP contribution in [-0.4, -0.2) is 11.5 Å². The van der Waals surface area contributed by atoms with Crippen LogP contribution < -0.4 is 5.32 Å². The molecule has 2 nitrogen and oxygen atoms in total. The molecule has 1 aliphatic rings. The van der Waals surface area contributed by atoms with Gasteiger partial charge < -0.3 is 5.32 Å². The molecule has 1 atom stereocenters. The summed E-state index contributed by atoms with van der Waals surface area (Å²) in [7, 11) is 0. The third kappa shape index (κ3) is 2.84. The minimum Gasteiger partial charge on any atom is -0.385 e. The van der Waals surface area contributed by atoms with Crippen molar-refractivity contribution in [1.29, 1.82) is 0 Å². The van der Waals surface area contributed by atoms with Crippen LogP contribution in [0.25, 0.3) is 0 Å². The molecule has 2 heteroatoms. The minimum atomic E-state index is 0.667. The lowest BCUT2D eigenvalue weighted by Gasteiger charge is -2.26. The monoisotopic (exact) mass is 266 g/mol. The van der Waals surface area contributed by atoms with Gasteiger partial charge in [-0.1, -0.05) is 31.2 Å². The average Bonchev–Trinajstić information content (AvgIpc) is 2.53. The molecule has 1 aromatic heterocycles. The topological polar surface area (TPSA) is 24.9 Å². The number of aromatic nitrogens is 1. The van der Waals surface area contributed by atoms with Crippen molar-refractivity contribution < 1.29 is 0 Å². The number of para-hydroxylation sites is 1. The minimum absolute atomic E-state index is 0.667. The van der Waals surface area contributed by atoms with E-state index < -0.39 is 0 Å². The van der Waals surface area contributed by atoms with Gasteiger partial charge in [0, 0.05) is 24.1 Å². The normalized spacial score (nSPS) is 17.4. The highest BCUT2D eigenvalue weighted by Crippen LogP contribution is 2.34. The smallest absolute Gasteiger partial charge is 0.0404 e. The molecule has 0 aliphatic carbocycles. The molecular weight excluding hydrogens is 244 g/mol. The summed E-state index contributed by atoms with van der Waals surface area (Å²) in [6, 6.07) is 13.1. The first-order chi connectivity index (χ1) is 9.86. The van der Waals surface area contributed by atoms with E-state index in [-0.39, 0.29) is 0 Å². The van der Waals surface area contributed by atoms with E-state index in [2.05, 4.69) is 53.6 Å². The lowest BCUT2D eigenvalue weighted by molar-refractivity contribution is 0.575. The number of fused-ring (bicyclic) bond motifs is 1. The van der Waals surface area contributed by atoms with Gasteiger partial charge in [0.05, 0.1) is 0 Å². The van der Waals surface area contributed by atoms with Gasteiger partial charge in [0.2, 0.25) is 0 Å². The summed E-state index contributed by atoms with van der Waals surface area (Å²) in [6.07, 6.45) is 6.57. The first-order valence-corrected chi connectivity index (χ1v) is 7.63. The van der Waals surface area contributed by atoms with Crippen LogP contribution in [0.2, 0.25) is 0 Å². The van der Waals surface area contributed by atoms with E-state index in [1.54, 1.807) is 0 Å². The molecule has 0 amide bonds. The van der Waals surface area contributed by atoms with Crippen molar-refractivity contribution in [3.63, 3.8) is 0 Å². The maximum atomic E-state index is 4.57. The van der Waals surface area contributed by atoms with Crippen molar-refractivity contribution in [1.82, 2.24) is 4.98 Å². The van der Waals surface area contributed by atoms with Crippen LogP contribution in [0, 0.1) is 0 Å². The molecule has 20 heavy (non-hydrogen) atoms. The van der Waals surface area contributed by atoms with E-state index in [1.165, 1.54) is 35.3 Å². The van der Waals surface area contributed by atoms with E-state index in [9.17, 15) is 0 Å². The summed E-state index contributed by atoms with van der Waals surface area (Å²) < 4.78 is 0. The van der Waals surface area contributed by atoms with Gasteiger partial charge in [-0.15, -0.1) is 0 Å². The Morgan fingerprint density at radius 1 is 1.20 bits per heavy atom. The summed E-state index contributed by atoms with van der Waals surface area (Å²) in [5.41, 5.74) is 5.33. The van der Waals surface area contributed by atoms with Crippen molar-refractivity contribution in [2.45, 2.75) is 38.5 Å². The second-order valence-electron chi connectivity index (χ2n) is 5.55. The Labute approximate surface area is 121 Å². The van der Waals surface area contributed by atoms with Crippen LogP contribution in [0.3, 0.4) is 0 Å². The Bertz CT molecular complexity index is 560. The Morgan fingerprint density at radius 2 is 2.10 bits per heavy atom. The summed E-state index contributed by atoms with van der Waals surface area (Å²) in [4.78, 5) is 4.57. The largest absolute Gasteiger partial charge is 0.385 e. The lowest BCUT2D eigenvalue weighted by atomic mass is 9.87. The van der Waals surface area contributed by atoms with Crippen LogP contribution in [0.4, 0.5) is 5.69 Å². The zero-order valence-electron chi connectivity index (χ0n) is 12.1. The third-order valence-electron chi connectivity index (χ3n) is 4.25. The predicted molar refractivity (Wildman–Crippen MR) is 84.2 cm³/mol. The Morgan fingerprint density at radius 3 is 2.90 bits per heavy atom. The molecule has 1 aliphatic heterocycles. The Kier molecular flexibility index (Phi) is 4.00. The Balaban J connectivity index is 1.66. The van der Waals surface area contributed by atoms with Crippen molar-refractivity contribution in [2.24, 2.45) is 0 Å². The predicted octanol–water partition coefficient (Wildman–Crippen LogP) is 4.18. The SMILES string of the molecule is CCc1ccc(CCC2CCNc3ccccc32)nc1. The number of rotatable bonds is 4. The van der Waals surface area contributed by atoms with Crippen molar-refractivity contribution in [3.8, 4) is 0 Å². The highest BCUT2D eigenvalue weighted by atomic mass is 14.9. The van der Waals surface area contributed by atoms with Crippen molar-refractivity contribution in [2.75, 3.05) is 11.9 Å². The summed E-state index contributed by atoms with van der Waals surface area (Å²) in [5.74, 6) is 0.667. The number of pyridine rings is 1. The summed E-state index contributed by atoms with van der Waals surface area (Å²) in [6.45, 7) is 3.26. The van der Waals surface area contributed by atoms with Gasteiger partial charge >= 0.3 is 0 Å². The van der Waals surface area contributed by atoms with Gasteiger partial charge in [-0.25, -0.2) is 0 Å². The third-order valence-corrected chi connectivity index (χ3v) is 4.25. The van der Waals surface area contributed by atoms with E-state index in [4.69, 9.17) is 0 Å². The molecular formula is C18H22N2. The fraction of sp³-hybridized carbons (Fsp3) is 0.389. The van der Waals surface area contributed by atoms with Crippen molar-refractivity contribution >= 4 is 5.69 Å². The average molecular weight is 266 g/mol. The van der Waals surface area contributed by atoms with E-state index in [1.807, 2.05) is 6.20 Å². The molecule has 0 saturated carbocycles. The molecule has 0 spiro atoms. The molecule has 0 fully saturated rings. The first-order valence-electron chi connectivity index (χ1n) is 7.63. The fourth-order valence-corrected chi connectivity index (χ4v) is 2.98. The molecule has 0 saturated heterocycles. The molecule has 104 valence electrons. The van der Waals surface area contributed by atoms with Crippen LogP contribution in [0.15, 0.2) is 42.6 Å². The number of hydrogen-bond donors (Lipinski definition) is 1. The molecule has 1 N–H and O–H groups in total. The van der Waals surface area contributed by atoms with Gasteiger partial charge in [0.25, 0.3) is 0 Å². The molecule has 3 rings (SSSR count). The molecule has 0 bridgehead atoms. The van der Waals surface area contributed by atoms with Gasteiger partial charge in [-0.3, -0.25) is 4.98 Å². The van der Waals surface area contributed by atoms with Gasteiger partial charge in [-0.05, 0) is 54.9 Å². The van der Waals surface area contributed by atoms with E-state index in [0.29, 0.717) is 5.92 Å². The molecule has 2 aromatic rings. The fourth-order valence-electron chi connectivity index (χ4n) is 2.98. The van der Waals surface area contributed by atoms with Crippen LogP contribution in [-0.2, 0) is 12.8 Å². The maximum Gasteiger partial charge on any atom is 0.0404 e. The van der Waals surface area contributed by atoms with Crippen LogP contribution >= 0.6 is 0 Å². The Hall–Kier alpha value is -1.83. The standard InChI is InChI=1S/C18H22N2/c1-2-14-7-9-16(20-13-14)10-8-15-11-12-19-18-6-4-3-5-17(15)18/h3-7,9,13,15,19H,2,8,10-12H2,1H3. The van der Waals surface area contributed by atoms with Crippen LogP contribution in [0.5, 0.6) is 0 Å². The highest BCUT2D eigenvalue weighted by molar-refractivity contribution is 5.54.